The van der Waals surface area contributed by atoms with Crippen LogP contribution < -0.4 is 0 Å². The summed E-state index contributed by atoms with van der Waals surface area (Å²) in [5, 5.41) is 0. The van der Waals surface area contributed by atoms with Gasteiger partial charge in [0, 0.05) is 17.1 Å². The van der Waals surface area contributed by atoms with Gasteiger partial charge in [-0.1, -0.05) is 3.89 Å². The number of hydrogen-bond donors (Lipinski definition) is 1. The van der Waals surface area contributed by atoms with Crippen molar-refractivity contribution in [3.8, 4) is 0 Å². The van der Waals surface area contributed by atoms with Crippen molar-refractivity contribution in [2.24, 2.45) is 0 Å². The van der Waals surface area contributed by atoms with E-state index in [9.17, 15) is 3.89 Å². The second kappa shape index (κ2) is 5.10. The van der Waals surface area contributed by atoms with Crippen LogP contribution in [0.4, 0.5) is 3.89 Å². The number of halogens is 1. The van der Waals surface area contributed by atoms with E-state index in [1.807, 2.05) is 0 Å². The maximum atomic E-state index is 10.2. The summed E-state index contributed by atoms with van der Waals surface area (Å²) in [6.45, 7) is 0. The molecule has 0 aromatic rings. The smallest absolute Gasteiger partial charge is 0 e. The molecule has 0 aliphatic carbocycles. The van der Waals surface area contributed by atoms with Gasteiger partial charge in [-0.25, -0.2) is 0 Å². The summed E-state index contributed by atoms with van der Waals surface area (Å²) in [5.74, 6) is 0. The fourth-order valence-corrected chi connectivity index (χ4v) is 0. The SMILES string of the molecule is O=S(=O)(O)F.[LiH].[Mn]. The van der Waals surface area contributed by atoms with Crippen LogP contribution in [-0.4, -0.2) is 31.8 Å². The molecule has 0 atom stereocenters. The van der Waals surface area contributed by atoms with Gasteiger partial charge in [0.15, 0.2) is 0 Å². The van der Waals surface area contributed by atoms with Crippen molar-refractivity contribution in [3.05, 3.63) is 0 Å². The summed E-state index contributed by atoms with van der Waals surface area (Å²) in [7, 11) is -5.17. The molecule has 1 radical (unpaired) electrons. The third kappa shape index (κ3) is 187. The zero-order chi connectivity index (χ0) is 4.50. The first kappa shape index (κ1) is 15.7. The summed E-state index contributed by atoms with van der Waals surface area (Å²) < 4.78 is 34.1. The van der Waals surface area contributed by atoms with E-state index in [2.05, 4.69) is 0 Å². The van der Waals surface area contributed by atoms with E-state index in [1.54, 1.807) is 0 Å². The van der Waals surface area contributed by atoms with Crippen LogP contribution in [-0.2, 0) is 27.6 Å². The Balaban J connectivity index is -0.0000000800. The van der Waals surface area contributed by atoms with Gasteiger partial charge < -0.3 is 0 Å². The van der Waals surface area contributed by atoms with Crippen molar-refractivity contribution in [1.82, 2.24) is 0 Å². The van der Waals surface area contributed by atoms with Crippen LogP contribution >= 0.6 is 0 Å². The maximum absolute atomic E-state index is 10.2. The molecular formula is H2FLiMnO3S. The fraction of sp³-hybridized carbons (Fsp3) is 0. The van der Waals surface area contributed by atoms with E-state index in [0.717, 1.165) is 0 Å². The van der Waals surface area contributed by atoms with E-state index in [1.165, 1.54) is 0 Å². The zero-order valence-corrected chi connectivity index (χ0v) is 4.42. The standard InChI is InChI=1S/FHO3S.Li.Mn.H/c1-5(2,3)4;;;/h(H,2,3,4);;;. The molecule has 0 saturated heterocycles. The van der Waals surface area contributed by atoms with Crippen molar-refractivity contribution in [1.29, 1.82) is 0 Å². The Morgan fingerprint density at radius 2 is 1.43 bits per heavy atom. The molecule has 0 aromatic heterocycles. The topological polar surface area (TPSA) is 54.4 Å². The predicted octanol–water partition coefficient (Wildman–Crippen LogP) is -0.892. The molecule has 0 rings (SSSR count). The monoisotopic (exact) mass is 163 g/mol. The van der Waals surface area contributed by atoms with Gasteiger partial charge in [0.05, 0.1) is 0 Å². The third-order valence-corrected chi connectivity index (χ3v) is 0. The molecular weight excluding hydrogens is 161 g/mol. The molecule has 0 saturated carbocycles. The Labute approximate surface area is 63.4 Å². The molecule has 0 bridgehead atoms. The molecule has 0 unspecified atom stereocenters. The predicted molar refractivity (Wildman–Crippen MR) is 19.8 cm³/mol. The van der Waals surface area contributed by atoms with Crippen LogP contribution in [0.5, 0.6) is 0 Å². The molecule has 3 nitrogen and oxygen atoms in total. The van der Waals surface area contributed by atoms with Crippen molar-refractivity contribution >= 4 is 29.4 Å². The summed E-state index contributed by atoms with van der Waals surface area (Å²) in [4.78, 5) is 0. The average molecular weight is 163 g/mol. The molecule has 0 heterocycles. The van der Waals surface area contributed by atoms with E-state index >= 15 is 0 Å². The second-order valence-corrected chi connectivity index (χ2v) is 1.24. The Kier molecular flexibility index (Phi) is 11.4. The van der Waals surface area contributed by atoms with Crippen molar-refractivity contribution in [2.75, 3.05) is 0 Å². The van der Waals surface area contributed by atoms with E-state index in [-0.39, 0.29) is 35.9 Å². The summed E-state index contributed by atoms with van der Waals surface area (Å²) >= 11 is 0. The minimum atomic E-state index is -5.17. The van der Waals surface area contributed by atoms with Crippen molar-refractivity contribution in [2.45, 2.75) is 0 Å². The molecule has 0 aliphatic rings. The van der Waals surface area contributed by atoms with E-state index in [0.29, 0.717) is 0 Å². The van der Waals surface area contributed by atoms with Crippen LogP contribution in [0.2, 0.25) is 0 Å². The molecule has 0 amide bonds. The fourth-order valence-electron chi connectivity index (χ4n) is 0. The zero-order valence-electron chi connectivity index (χ0n) is 2.43. The average Bonchev–Trinajstić information content (AvgIpc) is 0.722. The molecule has 0 aromatic carbocycles. The van der Waals surface area contributed by atoms with Gasteiger partial charge in [0.1, 0.15) is 0 Å². The van der Waals surface area contributed by atoms with Crippen LogP contribution in [0.25, 0.3) is 0 Å². The van der Waals surface area contributed by atoms with Gasteiger partial charge in [-0.2, -0.15) is 8.42 Å². The van der Waals surface area contributed by atoms with Gasteiger partial charge >= 0.3 is 29.4 Å². The Bertz CT molecular complexity index is 98.1. The molecule has 7 heteroatoms. The van der Waals surface area contributed by atoms with Gasteiger partial charge in [0.25, 0.3) is 0 Å². The quantitative estimate of drug-likeness (QED) is 0.286. The van der Waals surface area contributed by atoms with Crippen LogP contribution in [0.15, 0.2) is 0 Å². The van der Waals surface area contributed by atoms with E-state index < -0.39 is 10.5 Å². The molecule has 1 N–H and O–H groups in total. The Morgan fingerprint density at radius 1 is 1.43 bits per heavy atom. The van der Waals surface area contributed by atoms with Gasteiger partial charge in [-0.3, -0.25) is 4.55 Å². The largest absolute Gasteiger partial charge is 0 e. The molecule has 0 aliphatic heterocycles. The van der Waals surface area contributed by atoms with Crippen molar-refractivity contribution in [3.63, 3.8) is 0 Å². The molecule has 7 heavy (non-hydrogen) atoms. The van der Waals surface area contributed by atoms with E-state index in [4.69, 9.17) is 13.0 Å². The number of rotatable bonds is 0. The summed E-state index contributed by atoms with van der Waals surface area (Å²) in [5.41, 5.74) is 0. The Hall–Kier alpha value is 0.957. The maximum Gasteiger partial charge on any atom is 0 e. The second-order valence-electron chi connectivity index (χ2n) is 0.412. The first-order valence-electron chi connectivity index (χ1n) is 0.670. The minimum absolute atomic E-state index is 0. The summed E-state index contributed by atoms with van der Waals surface area (Å²) in [6.07, 6.45) is 0. The molecule has 0 fully saturated rings. The van der Waals surface area contributed by atoms with Crippen LogP contribution in [0, 0.1) is 0 Å². The number of hydrogen-bond acceptors (Lipinski definition) is 2. The van der Waals surface area contributed by atoms with Crippen LogP contribution in [0.1, 0.15) is 0 Å². The van der Waals surface area contributed by atoms with Gasteiger partial charge in [-0.15, -0.1) is 0 Å². The van der Waals surface area contributed by atoms with Crippen LogP contribution in [0.3, 0.4) is 0 Å². The summed E-state index contributed by atoms with van der Waals surface area (Å²) in [6, 6.07) is 0. The van der Waals surface area contributed by atoms with Gasteiger partial charge in [-0.05, 0) is 0 Å². The molecule has 41 valence electrons. The molecule has 0 spiro atoms. The van der Waals surface area contributed by atoms with Crippen molar-refractivity contribution < 1.29 is 33.9 Å². The third-order valence-electron chi connectivity index (χ3n) is 0. The first-order chi connectivity index (χ1) is 2.00. The van der Waals surface area contributed by atoms with Gasteiger partial charge in [0.2, 0.25) is 0 Å². The minimum Gasteiger partial charge on any atom is 0 e. The first-order valence-corrected chi connectivity index (χ1v) is 2.01. The Morgan fingerprint density at radius 3 is 1.43 bits per heavy atom. The normalized spacial score (nSPS) is 8.29.